The van der Waals surface area contributed by atoms with E-state index in [1.54, 1.807) is 19.9 Å². The normalized spacial score (nSPS) is 10.5. The summed E-state index contributed by atoms with van der Waals surface area (Å²) in [6.45, 7) is 3.83. The van der Waals surface area contributed by atoms with Gasteiger partial charge in [0.25, 0.3) is 15.0 Å². The molecule has 0 saturated heterocycles. The Balaban J connectivity index is 2.91. The number of rotatable bonds is 4. The zero-order valence-corrected chi connectivity index (χ0v) is 12.2. The minimum absolute atomic E-state index is 0.0762. The molecule has 0 aliphatic rings. The van der Waals surface area contributed by atoms with Gasteiger partial charge in [-0.25, -0.2) is 8.42 Å². The van der Waals surface area contributed by atoms with E-state index in [0.717, 1.165) is 0 Å². The minimum atomic E-state index is -3.84. The number of carbonyl (C=O) groups excluding carboxylic acids is 1. The molecular formula is C13H14ClNO3S. The predicted octanol–water partition coefficient (Wildman–Crippen LogP) is 2.07. The summed E-state index contributed by atoms with van der Waals surface area (Å²) in [5.74, 6) is 5.20. The standard InChI is InChI=1S/C13H14ClNO3S/c1-3-4-5-6-15-13(16)11-7-10(2)8-12(9-11)19(14,17)18/h7-9H,5-6H2,1-2H3,(H,15,16). The van der Waals surface area contributed by atoms with Crippen molar-refractivity contribution in [2.45, 2.75) is 25.2 Å². The number of hydrogen-bond donors (Lipinski definition) is 1. The summed E-state index contributed by atoms with van der Waals surface area (Å²) in [5.41, 5.74) is 0.920. The van der Waals surface area contributed by atoms with Crippen LogP contribution in [0.1, 0.15) is 29.3 Å². The zero-order chi connectivity index (χ0) is 14.5. The smallest absolute Gasteiger partial charge is 0.261 e. The van der Waals surface area contributed by atoms with Gasteiger partial charge < -0.3 is 5.32 Å². The molecular weight excluding hydrogens is 286 g/mol. The molecule has 0 aromatic heterocycles. The first kappa shape index (κ1) is 15.5. The van der Waals surface area contributed by atoms with Crippen LogP contribution in [0.2, 0.25) is 0 Å². The van der Waals surface area contributed by atoms with Crippen molar-refractivity contribution in [3.8, 4) is 11.8 Å². The minimum Gasteiger partial charge on any atom is -0.351 e. The van der Waals surface area contributed by atoms with Gasteiger partial charge in [-0.1, -0.05) is 0 Å². The van der Waals surface area contributed by atoms with Crippen molar-refractivity contribution in [3.05, 3.63) is 29.3 Å². The maximum atomic E-state index is 11.8. The third-order valence-corrected chi connectivity index (χ3v) is 3.64. The molecule has 0 spiro atoms. The Kier molecular flexibility index (Phi) is 5.40. The Morgan fingerprint density at radius 1 is 1.37 bits per heavy atom. The van der Waals surface area contributed by atoms with Gasteiger partial charge in [-0.15, -0.1) is 11.8 Å². The summed E-state index contributed by atoms with van der Waals surface area (Å²) in [4.78, 5) is 11.8. The van der Waals surface area contributed by atoms with E-state index in [2.05, 4.69) is 17.2 Å². The molecule has 0 bridgehead atoms. The zero-order valence-electron chi connectivity index (χ0n) is 10.7. The first-order valence-electron chi connectivity index (χ1n) is 5.59. The van der Waals surface area contributed by atoms with Gasteiger partial charge in [0.15, 0.2) is 0 Å². The van der Waals surface area contributed by atoms with Crippen molar-refractivity contribution in [2.24, 2.45) is 0 Å². The van der Waals surface area contributed by atoms with E-state index >= 15 is 0 Å². The van der Waals surface area contributed by atoms with Gasteiger partial charge in [-0.05, 0) is 37.6 Å². The van der Waals surface area contributed by atoms with E-state index < -0.39 is 9.05 Å². The molecule has 1 N–H and O–H groups in total. The SMILES string of the molecule is CC#CCCNC(=O)c1cc(C)cc(S(=O)(=O)Cl)c1. The Labute approximate surface area is 117 Å². The van der Waals surface area contributed by atoms with E-state index in [1.807, 2.05) is 0 Å². The topological polar surface area (TPSA) is 63.2 Å². The Hall–Kier alpha value is -1.51. The number of halogens is 1. The largest absolute Gasteiger partial charge is 0.351 e. The molecule has 102 valence electrons. The summed E-state index contributed by atoms with van der Waals surface area (Å²) >= 11 is 0. The number of hydrogen-bond acceptors (Lipinski definition) is 3. The molecule has 6 heteroatoms. The molecule has 4 nitrogen and oxygen atoms in total. The highest BCUT2D eigenvalue weighted by molar-refractivity contribution is 8.13. The predicted molar refractivity (Wildman–Crippen MR) is 74.6 cm³/mol. The molecule has 0 radical (unpaired) electrons. The lowest BCUT2D eigenvalue weighted by Gasteiger charge is -2.06. The Bertz CT molecular complexity index is 642. The number of amides is 1. The molecule has 1 aromatic rings. The van der Waals surface area contributed by atoms with Crippen LogP contribution in [-0.2, 0) is 9.05 Å². The maximum absolute atomic E-state index is 11.8. The van der Waals surface area contributed by atoms with Gasteiger partial charge >= 0.3 is 0 Å². The van der Waals surface area contributed by atoms with E-state index in [4.69, 9.17) is 10.7 Å². The highest BCUT2D eigenvalue weighted by atomic mass is 35.7. The lowest BCUT2D eigenvalue weighted by atomic mass is 10.1. The fourth-order valence-corrected chi connectivity index (χ4v) is 2.35. The molecule has 0 unspecified atom stereocenters. The van der Waals surface area contributed by atoms with Crippen LogP contribution >= 0.6 is 10.7 Å². The van der Waals surface area contributed by atoms with Gasteiger partial charge in [0.1, 0.15) is 0 Å². The van der Waals surface area contributed by atoms with Crippen LogP contribution in [0, 0.1) is 18.8 Å². The summed E-state index contributed by atoms with van der Waals surface area (Å²) < 4.78 is 22.5. The average Bonchev–Trinajstić information content (AvgIpc) is 2.32. The van der Waals surface area contributed by atoms with Crippen LogP contribution in [0.5, 0.6) is 0 Å². The Morgan fingerprint density at radius 2 is 2.05 bits per heavy atom. The molecule has 0 saturated carbocycles. The van der Waals surface area contributed by atoms with E-state index in [0.29, 0.717) is 18.5 Å². The third-order valence-electron chi connectivity index (χ3n) is 2.31. The molecule has 0 atom stereocenters. The van der Waals surface area contributed by atoms with Gasteiger partial charge in [0.2, 0.25) is 0 Å². The van der Waals surface area contributed by atoms with Crippen molar-refractivity contribution in [2.75, 3.05) is 6.54 Å². The molecule has 1 aromatic carbocycles. The molecule has 1 amide bonds. The molecule has 19 heavy (non-hydrogen) atoms. The Morgan fingerprint density at radius 3 is 2.63 bits per heavy atom. The second-order valence-electron chi connectivity index (χ2n) is 3.91. The van der Waals surface area contributed by atoms with Gasteiger partial charge in [0, 0.05) is 29.2 Å². The van der Waals surface area contributed by atoms with Crippen LogP contribution in [0.3, 0.4) is 0 Å². The highest BCUT2D eigenvalue weighted by Crippen LogP contribution is 2.18. The second-order valence-corrected chi connectivity index (χ2v) is 6.47. The first-order chi connectivity index (χ1) is 8.84. The molecule has 0 heterocycles. The summed E-state index contributed by atoms with van der Waals surface area (Å²) in [6, 6.07) is 4.28. The van der Waals surface area contributed by atoms with Crippen LogP contribution in [0.25, 0.3) is 0 Å². The third kappa shape index (κ3) is 4.93. The average molecular weight is 300 g/mol. The van der Waals surface area contributed by atoms with Crippen LogP contribution < -0.4 is 5.32 Å². The lowest BCUT2D eigenvalue weighted by Crippen LogP contribution is -2.24. The van der Waals surface area contributed by atoms with Crippen molar-refractivity contribution in [1.29, 1.82) is 0 Å². The molecule has 0 fully saturated rings. The van der Waals surface area contributed by atoms with E-state index in [1.165, 1.54) is 12.1 Å². The van der Waals surface area contributed by atoms with Crippen molar-refractivity contribution < 1.29 is 13.2 Å². The molecule has 0 aliphatic carbocycles. The first-order valence-corrected chi connectivity index (χ1v) is 7.89. The lowest BCUT2D eigenvalue weighted by molar-refractivity contribution is 0.0954. The van der Waals surface area contributed by atoms with Crippen molar-refractivity contribution in [1.82, 2.24) is 5.32 Å². The van der Waals surface area contributed by atoms with Crippen molar-refractivity contribution in [3.63, 3.8) is 0 Å². The number of carbonyl (C=O) groups is 1. The fraction of sp³-hybridized carbons (Fsp3) is 0.308. The van der Waals surface area contributed by atoms with E-state index in [9.17, 15) is 13.2 Å². The molecule has 0 aliphatic heterocycles. The van der Waals surface area contributed by atoms with Gasteiger partial charge in [0.05, 0.1) is 4.90 Å². The molecule has 1 rings (SSSR count). The number of nitrogens with one attached hydrogen (secondary N) is 1. The van der Waals surface area contributed by atoms with Gasteiger partial charge in [-0.2, -0.15) is 0 Å². The maximum Gasteiger partial charge on any atom is 0.261 e. The highest BCUT2D eigenvalue weighted by Gasteiger charge is 2.14. The van der Waals surface area contributed by atoms with Crippen LogP contribution in [0.15, 0.2) is 23.1 Å². The fourth-order valence-electron chi connectivity index (χ4n) is 1.49. The monoisotopic (exact) mass is 299 g/mol. The summed E-state index contributed by atoms with van der Waals surface area (Å²) in [7, 11) is 1.43. The van der Waals surface area contributed by atoms with Crippen molar-refractivity contribution >= 4 is 25.6 Å². The van der Waals surface area contributed by atoms with E-state index in [-0.39, 0.29) is 16.4 Å². The summed E-state index contributed by atoms with van der Waals surface area (Å²) in [5, 5.41) is 2.66. The summed E-state index contributed by atoms with van der Waals surface area (Å²) in [6.07, 6.45) is 0.550. The van der Waals surface area contributed by atoms with Crippen LogP contribution in [-0.4, -0.2) is 20.9 Å². The number of aryl methyl sites for hydroxylation is 1. The number of benzene rings is 1. The quantitative estimate of drug-likeness (QED) is 0.526. The van der Waals surface area contributed by atoms with Gasteiger partial charge in [-0.3, -0.25) is 4.79 Å². The van der Waals surface area contributed by atoms with Crippen LogP contribution in [0.4, 0.5) is 0 Å². The second kappa shape index (κ2) is 6.60.